The van der Waals surface area contributed by atoms with Crippen molar-refractivity contribution in [3.05, 3.63) is 23.2 Å². The van der Waals surface area contributed by atoms with E-state index in [1.807, 2.05) is 12.3 Å². The van der Waals surface area contributed by atoms with Crippen LogP contribution in [0.2, 0.25) is 5.28 Å². The Labute approximate surface area is 80.2 Å². The Bertz CT molecular complexity index is 459. The van der Waals surface area contributed by atoms with Gasteiger partial charge in [0.15, 0.2) is 0 Å². The van der Waals surface area contributed by atoms with Crippen molar-refractivity contribution in [2.45, 2.75) is 18.8 Å². The fourth-order valence-corrected chi connectivity index (χ4v) is 1.77. The molecule has 3 rings (SSSR count). The van der Waals surface area contributed by atoms with Gasteiger partial charge in [-0.1, -0.05) is 0 Å². The fourth-order valence-electron chi connectivity index (χ4n) is 1.59. The number of aromatic amines is 1. The minimum absolute atomic E-state index is 0.356. The summed E-state index contributed by atoms with van der Waals surface area (Å²) in [5, 5.41) is 0.356. The summed E-state index contributed by atoms with van der Waals surface area (Å²) in [6.45, 7) is 0. The van der Waals surface area contributed by atoms with E-state index in [0.29, 0.717) is 11.2 Å². The minimum atomic E-state index is 0.356. The first kappa shape index (κ1) is 7.33. The molecule has 1 aliphatic carbocycles. The first-order valence-corrected chi connectivity index (χ1v) is 4.73. The lowest BCUT2D eigenvalue weighted by molar-refractivity contribution is 1.01. The second-order valence-electron chi connectivity index (χ2n) is 3.39. The van der Waals surface area contributed by atoms with E-state index in [2.05, 4.69) is 15.0 Å². The van der Waals surface area contributed by atoms with Gasteiger partial charge in [-0.15, -0.1) is 0 Å². The molecule has 1 aliphatic rings. The van der Waals surface area contributed by atoms with Crippen LogP contribution >= 0.6 is 11.6 Å². The molecule has 2 heterocycles. The molecule has 1 fully saturated rings. The maximum Gasteiger partial charge on any atom is 0.223 e. The van der Waals surface area contributed by atoms with Crippen LogP contribution in [0.1, 0.15) is 24.5 Å². The van der Waals surface area contributed by atoms with Crippen molar-refractivity contribution in [2.75, 3.05) is 0 Å². The molecule has 0 radical (unpaired) electrons. The van der Waals surface area contributed by atoms with Gasteiger partial charge in [-0.2, -0.15) is 0 Å². The molecule has 0 amide bonds. The van der Waals surface area contributed by atoms with E-state index >= 15 is 0 Å². The van der Waals surface area contributed by atoms with Crippen molar-refractivity contribution >= 4 is 22.6 Å². The molecule has 0 unspecified atom stereocenters. The van der Waals surface area contributed by atoms with Gasteiger partial charge < -0.3 is 4.98 Å². The highest BCUT2D eigenvalue weighted by Gasteiger charge is 2.28. The Hall–Kier alpha value is -1.09. The molecule has 0 bridgehead atoms. The smallest absolute Gasteiger partial charge is 0.223 e. The molecule has 66 valence electrons. The molecule has 0 saturated heterocycles. The van der Waals surface area contributed by atoms with Crippen LogP contribution in [0.3, 0.4) is 0 Å². The Balaban J connectivity index is 2.33. The topological polar surface area (TPSA) is 41.6 Å². The fraction of sp³-hybridized carbons (Fsp3) is 0.333. The maximum absolute atomic E-state index is 5.82. The van der Waals surface area contributed by atoms with Gasteiger partial charge in [-0.25, -0.2) is 9.97 Å². The van der Waals surface area contributed by atoms with Crippen LogP contribution in [0.5, 0.6) is 0 Å². The third-order valence-corrected chi connectivity index (χ3v) is 2.54. The van der Waals surface area contributed by atoms with E-state index in [1.165, 1.54) is 12.8 Å². The predicted molar refractivity (Wildman–Crippen MR) is 50.9 cm³/mol. The quantitative estimate of drug-likeness (QED) is 0.707. The van der Waals surface area contributed by atoms with E-state index < -0.39 is 0 Å². The minimum Gasteiger partial charge on any atom is -0.358 e. The summed E-state index contributed by atoms with van der Waals surface area (Å²) in [5.74, 6) is 0.599. The number of fused-ring (bicyclic) bond motifs is 1. The molecule has 2 aromatic rings. The van der Waals surface area contributed by atoms with Gasteiger partial charge in [0.05, 0.1) is 16.7 Å². The molecular formula is C9H8ClN3. The number of nitrogens with one attached hydrogen (secondary N) is 1. The third-order valence-electron chi connectivity index (χ3n) is 2.37. The lowest BCUT2D eigenvalue weighted by Crippen LogP contribution is -1.91. The van der Waals surface area contributed by atoms with E-state index in [4.69, 9.17) is 11.6 Å². The summed E-state index contributed by atoms with van der Waals surface area (Å²) < 4.78 is 0. The Morgan fingerprint density at radius 3 is 3.00 bits per heavy atom. The van der Waals surface area contributed by atoms with Gasteiger partial charge in [0.2, 0.25) is 5.28 Å². The highest BCUT2D eigenvalue weighted by atomic mass is 35.5. The standard InChI is InChI=1S/C9H8ClN3/c10-9-12-6-3-4-11-8(6)7(13-9)5-1-2-5/h3-5,11H,1-2H2. The second-order valence-corrected chi connectivity index (χ2v) is 3.73. The van der Waals surface area contributed by atoms with Crippen molar-refractivity contribution in [3.63, 3.8) is 0 Å². The number of hydrogen-bond acceptors (Lipinski definition) is 2. The number of aromatic nitrogens is 3. The molecule has 1 saturated carbocycles. The van der Waals surface area contributed by atoms with E-state index in [1.54, 1.807) is 0 Å². The SMILES string of the molecule is Clc1nc(C2CC2)c2[nH]ccc2n1. The first-order chi connectivity index (χ1) is 6.34. The lowest BCUT2D eigenvalue weighted by atomic mass is 10.2. The van der Waals surface area contributed by atoms with Gasteiger partial charge >= 0.3 is 0 Å². The van der Waals surface area contributed by atoms with E-state index in [-0.39, 0.29) is 0 Å². The monoisotopic (exact) mass is 193 g/mol. The van der Waals surface area contributed by atoms with Crippen LogP contribution in [-0.2, 0) is 0 Å². The van der Waals surface area contributed by atoms with Crippen LogP contribution in [-0.4, -0.2) is 15.0 Å². The first-order valence-electron chi connectivity index (χ1n) is 4.35. The zero-order valence-corrected chi connectivity index (χ0v) is 7.67. The van der Waals surface area contributed by atoms with Crippen LogP contribution in [0.25, 0.3) is 11.0 Å². The molecule has 2 aromatic heterocycles. The average Bonchev–Trinajstić information content (AvgIpc) is 2.84. The number of hydrogen-bond donors (Lipinski definition) is 1. The zero-order chi connectivity index (χ0) is 8.84. The zero-order valence-electron chi connectivity index (χ0n) is 6.92. The lowest BCUT2D eigenvalue weighted by Gasteiger charge is -1.99. The number of H-pyrrole nitrogens is 1. The van der Waals surface area contributed by atoms with Crippen LogP contribution < -0.4 is 0 Å². The van der Waals surface area contributed by atoms with Gasteiger partial charge in [-0.3, -0.25) is 0 Å². The Morgan fingerprint density at radius 2 is 2.23 bits per heavy atom. The summed E-state index contributed by atoms with van der Waals surface area (Å²) >= 11 is 5.82. The van der Waals surface area contributed by atoms with Crippen molar-refractivity contribution in [1.29, 1.82) is 0 Å². The van der Waals surface area contributed by atoms with E-state index in [9.17, 15) is 0 Å². The molecule has 3 nitrogen and oxygen atoms in total. The number of nitrogens with zero attached hydrogens (tertiary/aromatic N) is 2. The normalized spacial score (nSPS) is 16.7. The van der Waals surface area contributed by atoms with Crippen LogP contribution in [0, 0.1) is 0 Å². The Morgan fingerprint density at radius 1 is 1.38 bits per heavy atom. The summed E-state index contributed by atoms with van der Waals surface area (Å²) in [4.78, 5) is 11.5. The summed E-state index contributed by atoms with van der Waals surface area (Å²) in [7, 11) is 0. The average molecular weight is 194 g/mol. The molecule has 0 aromatic carbocycles. The van der Waals surface area contributed by atoms with Crippen molar-refractivity contribution in [1.82, 2.24) is 15.0 Å². The van der Waals surface area contributed by atoms with Gasteiger partial charge in [0, 0.05) is 12.1 Å². The van der Waals surface area contributed by atoms with Crippen molar-refractivity contribution in [3.8, 4) is 0 Å². The maximum atomic E-state index is 5.82. The summed E-state index contributed by atoms with van der Waals surface area (Å²) in [6, 6.07) is 1.93. The molecular weight excluding hydrogens is 186 g/mol. The molecule has 0 aliphatic heterocycles. The number of rotatable bonds is 1. The van der Waals surface area contributed by atoms with Crippen LogP contribution in [0.4, 0.5) is 0 Å². The predicted octanol–water partition coefficient (Wildman–Crippen LogP) is 2.49. The van der Waals surface area contributed by atoms with Gasteiger partial charge in [0.25, 0.3) is 0 Å². The molecule has 0 atom stereocenters. The third kappa shape index (κ3) is 1.11. The molecule has 13 heavy (non-hydrogen) atoms. The van der Waals surface area contributed by atoms with Gasteiger partial charge in [-0.05, 0) is 30.5 Å². The van der Waals surface area contributed by atoms with Crippen LogP contribution in [0.15, 0.2) is 12.3 Å². The highest BCUT2D eigenvalue weighted by Crippen LogP contribution is 2.41. The van der Waals surface area contributed by atoms with Crippen molar-refractivity contribution in [2.24, 2.45) is 0 Å². The van der Waals surface area contributed by atoms with Crippen molar-refractivity contribution < 1.29 is 0 Å². The van der Waals surface area contributed by atoms with Gasteiger partial charge in [0.1, 0.15) is 0 Å². The summed E-state index contributed by atoms with van der Waals surface area (Å²) in [5.41, 5.74) is 3.05. The Kier molecular flexibility index (Phi) is 1.38. The second kappa shape index (κ2) is 2.45. The molecule has 1 N–H and O–H groups in total. The van der Waals surface area contributed by atoms with E-state index in [0.717, 1.165) is 16.7 Å². The number of halogens is 1. The molecule has 0 spiro atoms. The highest BCUT2D eigenvalue weighted by molar-refractivity contribution is 6.28. The largest absolute Gasteiger partial charge is 0.358 e. The summed E-state index contributed by atoms with van der Waals surface area (Å²) in [6.07, 6.45) is 4.32. The molecule has 4 heteroatoms.